The number of thiazole rings is 1. The maximum absolute atomic E-state index is 10.7. The number of fused-ring (bicyclic) bond motifs is 1. The molecule has 0 bridgehead atoms. The molecule has 0 amide bonds. The number of carbonyl (C=O) groups is 1. The highest BCUT2D eigenvalue weighted by Crippen LogP contribution is 2.33. The Labute approximate surface area is 105 Å². The minimum absolute atomic E-state index is 0.362. The summed E-state index contributed by atoms with van der Waals surface area (Å²) in [5.74, 6) is 0. The van der Waals surface area contributed by atoms with Crippen molar-refractivity contribution in [2.45, 2.75) is 37.8 Å². The quantitative estimate of drug-likeness (QED) is 0.756. The highest BCUT2D eigenvalue weighted by atomic mass is 32.1. The monoisotopic (exact) mass is 252 g/mol. The van der Waals surface area contributed by atoms with Crippen molar-refractivity contribution in [2.24, 2.45) is 0 Å². The van der Waals surface area contributed by atoms with Crippen LogP contribution in [0.15, 0.2) is 6.20 Å². The van der Waals surface area contributed by atoms with Crippen molar-refractivity contribution in [3.8, 4) is 0 Å². The van der Waals surface area contributed by atoms with Crippen LogP contribution in [-0.4, -0.2) is 36.6 Å². The van der Waals surface area contributed by atoms with Gasteiger partial charge in [-0.15, -0.1) is 0 Å². The van der Waals surface area contributed by atoms with Gasteiger partial charge in [0.15, 0.2) is 11.4 Å². The third-order valence-electron chi connectivity index (χ3n) is 3.61. The molecule has 2 heterocycles. The number of aldehydes is 1. The molecule has 1 saturated heterocycles. The Kier molecular flexibility index (Phi) is 3.11. The van der Waals surface area contributed by atoms with Gasteiger partial charge in [0, 0.05) is 6.54 Å². The smallest absolute Gasteiger partial charge is 0.186 e. The molecule has 5 heteroatoms. The second kappa shape index (κ2) is 4.74. The molecule has 1 saturated carbocycles. The van der Waals surface area contributed by atoms with Gasteiger partial charge in [-0.25, -0.2) is 4.98 Å². The Morgan fingerprint density at radius 3 is 3.18 bits per heavy atom. The molecule has 1 aliphatic heterocycles. The number of rotatable bonds is 2. The SMILES string of the molecule is O=Cc1cnc(N2CCOC3CCCCC32)s1. The fourth-order valence-electron chi connectivity index (χ4n) is 2.80. The van der Waals surface area contributed by atoms with E-state index >= 15 is 0 Å². The van der Waals surface area contributed by atoms with Gasteiger partial charge in [-0.05, 0) is 12.8 Å². The van der Waals surface area contributed by atoms with Gasteiger partial charge in [-0.1, -0.05) is 24.2 Å². The number of aromatic nitrogens is 1. The van der Waals surface area contributed by atoms with Gasteiger partial charge in [0.05, 0.1) is 29.8 Å². The van der Waals surface area contributed by atoms with Gasteiger partial charge in [-0.3, -0.25) is 4.79 Å². The van der Waals surface area contributed by atoms with Crippen LogP contribution >= 0.6 is 11.3 Å². The molecular formula is C12H16N2O2S. The summed E-state index contributed by atoms with van der Waals surface area (Å²) >= 11 is 1.49. The summed E-state index contributed by atoms with van der Waals surface area (Å²) in [6, 6.07) is 0.461. The summed E-state index contributed by atoms with van der Waals surface area (Å²) in [7, 11) is 0. The summed E-state index contributed by atoms with van der Waals surface area (Å²) in [6.45, 7) is 1.67. The second-order valence-corrected chi connectivity index (χ2v) is 5.66. The van der Waals surface area contributed by atoms with Crippen molar-refractivity contribution < 1.29 is 9.53 Å². The average molecular weight is 252 g/mol. The van der Waals surface area contributed by atoms with E-state index in [2.05, 4.69) is 9.88 Å². The maximum atomic E-state index is 10.7. The van der Waals surface area contributed by atoms with Gasteiger partial charge < -0.3 is 9.64 Å². The van der Waals surface area contributed by atoms with E-state index in [1.165, 1.54) is 30.6 Å². The summed E-state index contributed by atoms with van der Waals surface area (Å²) in [6.07, 6.45) is 7.79. The van der Waals surface area contributed by atoms with Gasteiger partial charge >= 0.3 is 0 Å². The van der Waals surface area contributed by atoms with E-state index in [0.29, 0.717) is 17.0 Å². The molecule has 0 aromatic carbocycles. The molecule has 1 aromatic heterocycles. The molecule has 0 spiro atoms. The van der Waals surface area contributed by atoms with Gasteiger partial charge in [0.25, 0.3) is 0 Å². The van der Waals surface area contributed by atoms with Gasteiger partial charge in [0.1, 0.15) is 0 Å². The van der Waals surface area contributed by atoms with Crippen LogP contribution in [0.4, 0.5) is 5.13 Å². The zero-order chi connectivity index (χ0) is 11.7. The molecule has 2 aliphatic rings. The number of ether oxygens (including phenoxy) is 1. The normalized spacial score (nSPS) is 28.8. The molecule has 0 N–H and O–H groups in total. The van der Waals surface area contributed by atoms with E-state index in [4.69, 9.17) is 4.74 Å². The molecular weight excluding hydrogens is 236 g/mol. The molecule has 2 fully saturated rings. The van der Waals surface area contributed by atoms with Crippen molar-refractivity contribution in [1.29, 1.82) is 0 Å². The average Bonchev–Trinajstić information content (AvgIpc) is 2.87. The van der Waals surface area contributed by atoms with E-state index in [9.17, 15) is 4.79 Å². The molecule has 4 nitrogen and oxygen atoms in total. The minimum Gasteiger partial charge on any atom is -0.374 e. The lowest BCUT2D eigenvalue weighted by atomic mass is 9.90. The summed E-state index contributed by atoms with van der Waals surface area (Å²) in [5, 5.41) is 0.979. The van der Waals surface area contributed by atoms with Crippen molar-refractivity contribution >= 4 is 22.8 Å². The van der Waals surface area contributed by atoms with Crippen molar-refractivity contribution in [2.75, 3.05) is 18.1 Å². The Morgan fingerprint density at radius 2 is 2.35 bits per heavy atom. The van der Waals surface area contributed by atoms with Crippen molar-refractivity contribution in [3.05, 3.63) is 11.1 Å². The highest BCUT2D eigenvalue weighted by molar-refractivity contribution is 7.17. The third kappa shape index (κ3) is 2.09. The van der Waals surface area contributed by atoms with Gasteiger partial charge in [-0.2, -0.15) is 0 Å². The Balaban J connectivity index is 1.82. The predicted molar refractivity (Wildman–Crippen MR) is 66.8 cm³/mol. The Hall–Kier alpha value is -0.940. The lowest BCUT2D eigenvalue weighted by molar-refractivity contribution is -0.00868. The molecule has 0 radical (unpaired) electrons. The first-order valence-corrected chi connectivity index (χ1v) is 6.99. The number of anilines is 1. The van der Waals surface area contributed by atoms with Crippen molar-refractivity contribution in [1.82, 2.24) is 4.98 Å². The minimum atomic E-state index is 0.362. The maximum Gasteiger partial charge on any atom is 0.186 e. The van der Waals surface area contributed by atoms with Gasteiger partial charge in [0.2, 0.25) is 0 Å². The van der Waals surface area contributed by atoms with E-state index < -0.39 is 0 Å². The van der Waals surface area contributed by atoms with Crippen LogP contribution in [0.1, 0.15) is 35.4 Å². The second-order valence-electron chi connectivity index (χ2n) is 4.62. The van der Waals surface area contributed by atoms with E-state index in [0.717, 1.165) is 31.0 Å². The zero-order valence-electron chi connectivity index (χ0n) is 9.67. The fraction of sp³-hybridized carbons (Fsp3) is 0.667. The number of morpholine rings is 1. The Bertz CT molecular complexity index is 405. The molecule has 3 rings (SSSR count). The van der Waals surface area contributed by atoms with Crippen LogP contribution in [0.2, 0.25) is 0 Å². The largest absolute Gasteiger partial charge is 0.374 e. The van der Waals surface area contributed by atoms with Crippen LogP contribution in [0, 0.1) is 0 Å². The topological polar surface area (TPSA) is 42.4 Å². The predicted octanol–water partition coefficient (Wildman–Crippen LogP) is 2.10. The summed E-state index contributed by atoms with van der Waals surface area (Å²) in [4.78, 5) is 18.1. The first-order chi connectivity index (χ1) is 8.38. The van der Waals surface area contributed by atoms with E-state index in [1.807, 2.05) is 0 Å². The lowest BCUT2D eigenvalue weighted by Gasteiger charge is -2.43. The van der Waals surface area contributed by atoms with E-state index in [-0.39, 0.29) is 0 Å². The molecule has 92 valence electrons. The number of carbonyl (C=O) groups excluding carboxylic acids is 1. The first kappa shape index (κ1) is 11.2. The van der Waals surface area contributed by atoms with E-state index in [1.54, 1.807) is 6.20 Å². The summed E-state index contributed by atoms with van der Waals surface area (Å²) < 4.78 is 5.83. The molecule has 17 heavy (non-hydrogen) atoms. The number of hydrogen-bond donors (Lipinski definition) is 0. The lowest BCUT2D eigenvalue weighted by Crippen LogP contribution is -2.52. The van der Waals surface area contributed by atoms with Crippen molar-refractivity contribution in [3.63, 3.8) is 0 Å². The molecule has 2 unspecified atom stereocenters. The number of nitrogens with zero attached hydrogens (tertiary/aromatic N) is 2. The Morgan fingerprint density at radius 1 is 1.47 bits per heavy atom. The molecule has 1 aromatic rings. The van der Waals surface area contributed by atoms with Crippen LogP contribution in [0.25, 0.3) is 0 Å². The molecule has 2 atom stereocenters. The first-order valence-electron chi connectivity index (χ1n) is 6.18. The van der Waals surface area contributed by atoms with Crippen LogP contribution in [-0.2, 0) is 4.74 Å². The van der Waals surface area contributed by atoms with Crippen LogP contribution in [0.5, 0.6) is 0 Å². The zero-order valence-corrected chi connectivity index (χ0v) is 10.5. The molecule has 1 aliphatic carbocycles. The fourth-order valence-corrected chi connectivity index (χ4v) is 3.61. The van der Waals surface area contributed by atoms with Crippen LogP contribution in [0.3, 0.4) is 0 Å². The third-order valence-corrected chi connectivity index (χ3v) is 4.57. The van der Waals surface area contributed by atoms with Crippen LogP contribution < -0.4 is 4.90 Å². The summed E-state index contributed by atoms with van der Waals surface area (Å²) in [5.41, 5.74) is 0. The number of hydrogen-bond acceptors (Lipinski definition) is 5. The highest BCUT2D eigenvalue weighted by Gasteiger charge is 2.35. The standard InChI is InChI=1S/C12H16N2O2S/c15-8-9-7-13-12(17-9)14-5-6-16-11-4-2-1-3-10(11)14/h7-8,10-11H,1-6H2.